The van der Waals surface area contributed by atoms with Crippen molar-refractivity contribution in [3.63, 3.8) is 0 Å². The highest BCUT2D eigenvalue weighted by Gasteiger charge is 2.43. The molecule has 2 rings (SSSR count). The highest BCUT2D eigenvalue weighted by molar-refractivity contribution is 5.75. The second-order valence-corrected chi connectivity index (χ2v) is 10.8. The van der Waals surface area contributed by atoms with Gasteiger partial charge in [0.05, 0.1) is 25.2 Å². The van der Waals surface area contributed by atoms with Crippen molar-refractivity contribution in [2.24, 2.45) is 17.3 Å². The normalized spacial score (nSPS) is 14.9. The van der Waals surface area contributed by atoms with Crippen LogP contribution in [0.4, 0.5) is 0 Å². The summed E-state index contributed by atoms with van der Waals surface area (Å²) in [5.74, 6) is 1.20. The third kappa shape index (κ3) is 10.1. The Morgan fingerprint density at radius 1 is 0.946 bits per heavy atom. The zero-order chi connectivity index (χ0) is 27.1. The molecule has 37 heavy (non-hydrogen) atoms. The summed E-state index contributed by atoms with van der Waals surface area (Å²) >= 11 is 0. The molecule has 1 N–H and O–H groups in total. The molecule has 0 saturated carbocycles. The van der Waals surface area contributed by atoms with Gasteiger partial charge < -0.3 is 24.1 Å². The Hall–Kier alpha value is -1.83. The number of carbonyl (C=O) groups is 1. The molecule has 0 bridgehead atoms. The topological polar surface area (TPSA) is 77.5 Å². The first-order valence-corrected chi connectivity index (χ1v) is 14.2. The van der Waals surface area contributed by atoms with Gasteiger partial charge in [-0.05, 0) is 48.8 Å². The van der Waals surface area contributed by atoms with E-state index in [1.54, 1.807) is 7.11 Å². The molecule has 1 aliphatic heterocycles. The quantitative estimate of drug-likeness (QED) is 0.234. The van der Waals surface area contributed by atoms with E-state index in [4.69, 9.17) is 18.9 Å². The summed E-state index contributed by atoms with van der Waals surface area (Å²) in [5, 5.41) is 9.94. The number of morpholine rings is 1. The molecule has 0 amide bonds. The number of methoxy groups -OCH3 is 1. The van der Waals surface area contributed by atoms with E-state index in [9.17, 15) is 9.90 Å². The Labute approximate surface area is 224 Å². The summed E-state index contributed by atoms with van der Waals surface area (Å²) in [4.78, 5) is 14.5. The highest BCUT2D eigenvalue weighted by atomic mass is 16.5. The van der Waals surface area contributed by atoms with Crippen molar-refractivity contribution in [1.82, 2.24) is 4.90 Å². The van der Waals surface area contributed by atoms with Crippen LogP contribution in [0.15, 0.2) is 18.2 Å². The summed E-state index contributed by atoms with van der Waals surface area (Å²) in [7, 11) is 1.70. The van der Waals surface area contributed by atoms with Crippen LogP contribution in [0.1, 0.15) is 71.8 Å². The van der Waals surface area contributed by atoms with Crippen LogP contribution >= 0.6 is 0 Å². The van der Waals surface area contributed by atoms with Crippen molar-refractivity contribution in [3.8, 4) is 11.5 Å². The lowest BCUT2D eigenvalue weighted by molar-refractivity contribution is -0.156. The predicted octanol–water partition coefficient (Wildman–Crippen LogP) is 5.69. The van der Waals surface area contributed by atoms with Gasteiger partial charge in [-0.3, -0.25) is 9.69 Å². The van der Waals surface area contributed by atoms with Crippen molar-refractivity contribution in [3.05, 3.63) is 23.8 Å². The zero-order valence-electron chi connectivity index (χ0n) is 23.9. The van der Waals surface area contributed by atoms with Crippen LogP contribution in [0, 0.1) is 17.3 Å². The van der Waals surface area contributed by atoms with E-state index in [-0.39, 0.29) is 11.8 Å². The van der Waals surface area contributed by atoms with Gasteiger partial charge in [0.2, 0.25) is 0 Å². The number of aryl methyl sites for hydroxylation is 1. The molecule has 1 aromatic carbocycles. The number of hydrogen-bond donors (Lipinski definition) is 1. The number of aliphatic carboxylic acids is 1. The van der Waals surface area contributed by atoms with E-state index in [0.717, 1.165) is 89.3 Å². The number of hydrogen-bond acceptors (Lipinski definition) is 6. The fourth-order valence-electron chi connectivity index (χ4n) is 5.38. The summed E-state index contributed by atoms with van der Waals surface area (Å²) in [6.45, 7) is 14.4. The van der Waals surface area contributed by atoms with Gasteiger partial charge >= 0.3 is 5.97 Å². The first-order chi connectivity index (χ1) is 17.8. The number of benzene rings is 1. The fourth-order valence-corrected chi connectivity index (χ4v) is 5.38. The molecule has 7 heteroatoms. The van der Waals surface area contributed by atoms with Crippen molar-refractivity contribution in [2.45, 2.75) is 72.6 Å². The molecule has 1 fully saturated rings. The molecule has 1 aliphatic rings. The minimum Gasteiger partial charge on any atom is -0.490 e. The first kappa shape index (κ1) is 31.4. The molecule has 0 aliphatic carbocycles. The summed E-state index contributed by atoms with van der Waals surface area (Å²) in [6.07, 6.45) is 6.72. The Bertz CT molecular complexity index is 767. The highest BCUT2D eigenvalue weighted by Crippen LogP contribution is 2.41. The number of carboxylic acid groups (broad SMARTS) is 1. The fraction of sp³-hybridized carbons (Fsp3) is 0.767. The molecule has 0 aromatic heterocycles. The maximum Gasteiger partial charge on any atom is 0.310 e. The number of nitrogens with zero attached hydrogens (tertiary/aromatic N) is 1. The van der Waals surface area contributed by atoms with Gasteiger partial charge in [-0.2, -0.15) is 0 Å². The Morgan fingerprint density at radius 3 is 2.27 bits per heavy atom. The van der Waals surface area contributed by atoms with Crippen molar-refractivity contribution < 1.29 is 28.8 Å². The Kier molecular flexibility index (Phi) is 14.3. The van der Waals surface area contributed by atoms with Crippen molar-refractivity contribution in [2.75, 3.05) is 59.8 Å². The number of carboxylic acids is 1. The van der Waals surface area contributed by atoms with E-state index < -0.39 is 11.4 Å². The predicted molar refractivity (Wildman–Crippen MR) is 148 cm³/mol. The SMILES string of the molecule is COCCCOc1cc(CCCCCCC(C(=O)O)(C(C)C)C(C)C)ccc1OCCN1CCOCC1. The van der Waals surface area contributed by atoms with Crippen LogP contribution in [0.2, 0.25) is 0 Å². The third-order valence-electron chi connectivity index (χ3n) is 7.79. The molecule has 1 saturated heterocycles. The van der Waals surface area contributed by atoms with Gasteiger partial charge in [-0.15, -0.1) is 0 Å². The number of ether oxygens (including phenoxy) is 4. The molecule has 0 radical (unpaired) electrons. The molecular weight excluding hydrogens is 470 g/mol. The van der Waals surface area contributed by atoms with E-state index in [2.05, 4.69) is 17.0 Å². The monoisotopic (exact) mass is 521 g/mol. The molecule has 0 atom stereocenters. The Morgan fingerprint density at radius 2 is 1.62 bits per heavy atom. The third-order valence-corrected chi connectivity index (χ3v) is 7.79. The van der Waals surface area contributed by atoms with Crippen LogP contribution in [0.25, 0.3) is 0 Å². The first-order valence-electron chi connectivity index (χ1n) is 14.2. The Balaban J connectivity index is 1.84. The van der Waals surface area contributed by atoms with E-state index in [0.29, 0.717) is 19.8 Å². The molecule has 0 spiro atoms. The van der Waals surface area contributed by atoms with Crippen LogP contribution in [0.5, 0.6) is 11.5 Å². The molecular formula is C30H51NO6. The maximum absolute atomic E-state index is 12.1. The lowest BCUT2D eigenvalue weighted by atomic mass is 9.66. The van der Waals surface area contributed by atoms with Gasteiger partial charge in [-0.1, -0.05) is 53.0 Å². The number of rotatable bonds is 19. The van der Waals surface area contributed by atoms with E-state index in [1.165, 1.54) is 5.56 Å². The van der Waals surface area contributed by atoms with Crippen LogP contribution in [-0.2, 0) is 20.7 Å². The van der Waals surface area contributed by atoms with E-state index >= 15 is 0 Å². The standard InChI is InChI=1S/C30H51NO6/c1-24(2)30(25(3)4,29(32)33)14-9-7-6-8-11-26-12-13-27(28(23-26)36-19-10-18-34-5)37-22-17-31-15-20-35-21-16-31/h12-13,23-25H,6-11,14-22H2,1-5H3,(H,32,33). The van der Waals surface area contributed by atoms with Gasteiger partial charge in [0, 0.05) is 39.8 Å². The maximum atomic E-state index is 12.1. The second-order valence-electron chi connectivity index (χ2n) is 10.8. The molecule has 1 aromatic rings. The lowest BCUT2D eigenvalue weighted by Crippen LogP contribution is -2.41. The van der Waals surface area contributed by atoms with Crippen LogP contribution in [0.3, 0.4) is 0 Å². The van der Waals surface area contributed by atoms with Crippen LogP contribution < -0.4 is 9.47 Å². The minimum atomic E-state index is -0.650. The number of unbranched alkanes of at least 4 members (excludes halogenated alkanes) is 3. The average Bonchev–Trinajstić information content (AvgIpc) is 2.87. The van der Waals surface area contributed by atoms with Crippen molar-refractivity contribution in [1.29, 1.82) is 0 Å². The van der Waals surface area contributed by atoms with Gasteiger partial charge in [0.25, 0.3) is 0 Å². The molecule has 7 nitrogen and oxygen atoms in total. The summed E-state index contributed by atoms with van der Waals surface area (Å²) < 4.78 is 22.8. The molecule has 1 heterocycles. The minimum absolute atomic E-state index is 0.127. The zero-order valence-corrected chi connectivity index (χ0v) is 23.9. The van der Waals surface area contributed by atoms with Gasteiger partial charge in [-0.25, -0.2) is 0 Å². The van der Waals surface area contributed by atoms with E-state index in [1.807, 2.05) is 33.8 Å². The molecule has 212 valence electrons. The largest absolute Gasteiger partial charge is 0.490 e. The lowest BCUT2D eigenvalue weighted by Gasteiger charge is -2.37. The van der Waals surface area contributed by atoms with Gasteiger partial charge in [0.15, 0.2) is 11.5 Å². The van der Waals surface area contributed by atoms with Crippen LogP contribution in [-0.4, -0.2) is 75.8 Å². The van der Waals surface area contributed by atoms with Crippen molar-refractivity contribution >= 4 is 5.97 Å². The molecule has 0 unspecified atom stereocenters. The smallest absolute Gasteiger partial charge is 0.310 e. The van der Waals surface area contributed by atoms with Gasteiger partial charge in [0.1, 0.15) is 6.61 Å². The second kappa shape index (κ2) is 16.9. The summed E-state index contributed by atoms with van der Waals surface area (Å²) in [6, 6.07) is 6.29. The summed E-state index contributed by atoms with van der Waals surface area (Å²) in [5.41, 5.74) is 0.610. The average molecular weight is 522 g/mol.